The molecule has 0 aromatic carbocycles. The molecule has 2 aromatic heterocycles. The molecule has 108 valence electrons. The quantitative estimate of drug-likeness (QED) is 0.819. The molecule has 0 radical (unpaired) electrons. The number of aliphatic hydroxyl groups excluding tert-OH is 1. The maximum atomic E-state index is 12.2. The van der Waals surface area contributed by atoms with Crippen LogP contribution in [0.5, 0.6) is 0 Å². The van der Waals surface area contributed by atoms with Gasteiger partial charge in [0, 0.05) is 18.8 Å². The van der Waals surface area contributed by atoms with E-state index in [0.717, 1.165) is 0 Å². The van der Waals surface area contributed by atoms with E-state index in [4.69, 9.17) is 9.52 Å². The Hall–Kier alpha value is -2.65. The average Bonchev–Trinajstić information content (AvgIpc) is 2.91. The molecule has 0 aliphatic rings. The second-order valence-electron chi connectivity index (χ2n) is 4.24. The molecule has 0 aliphatic carbocycles. The van der Waals surface area contributed by atoms with Gasteiger partial charge in [0.2, 0.25) is 5.89 Å². The van der Waals surface area contributed by atoms with Crippen LogP contribution >= 0.6 is 0 Å². The fourth-order valence-corrected chi connectivity index (χ4v) is 1.64. The number of nitrogens with zero attached hydrogens (tertiary/aromatic N) is 2. The largest absolute Gasteiger partial charge is 0.444 e. The van der Waals surface area contributed by atoms with Crippen molar-refractivity contribution in [1.82, 2.24) is 15.3 Å². The summed E-state index contributed by atoms with van der Waals surface area (Å²) in [5.41, 5.74) is 0.950. The van der Waals surface area contributed by atoms with Crippen LogP contribution in [0, 0.1) is 18.8 Å². The fraction of sp³-hybridized carbons (Fsp3) is 0.267. The van der Waals surface area contributed by atoms with Crippen molar-refractivity contribution >= 4 is 5.91 Å². The third-order valence-corrected chi connectivity index (χ3v) is 2.59. The highest BCUT2D eigenvalue weighted by Gasteiger charge is 2.11. The summed E-state index contributed by atoms with van der Waals surface area (Å²) in [4.78, 5) is 20.1. The minimum Gasteiger partial charge on any atom is -0.444 e. The van der Waals surface area contributed by atoms with Gasteiger partial charge in [-0.3, -0.25) is 9.78 Å². The van der Waals surface area contributed by atoms with Gasteiger partial charge in [0.15, 0.2) is 0 Å². The zero-order valence-electron chi connectivity index (χ0n) is 11.6. The number of aromatic nitrogens is 2. The monoisotopic (exact) mass is 285 g/mol. The summed E-state index contributed by atoms with van der Waals surface area (Å²) in [7, 11) is 0. The van der Waals surface area contributed by atoms with Gasteiger partial charge in [-0.1, -0.05) is 11.8 Å². The van der Waals surface area contributed by atoms with Crippen LogP contribution in [0.25, 0.3) is 0 Å². The first-order valence-corrected chi connectivity index (χ1v) is 6.44. The van der Waals surface area contributed by atoms with Crippen molar-refractivity contribution in [2.24, 2.45) is 0 Å². The van der Waals surface area contributed by atoms with E-state index in [1.807, 2.05) is 0 Å². The summed E-state index contributed by atoms with van der Waals surface area (Å²) in [6, 6.07) is 1.60. The summed E-state index contributed by atoms with van der Waals surface area (Å²) in [6.45, 7) is 1.98. The molecule has 21 heavy (non-hydrogen) atoms. The van der Waals surface area contributed by atoms with Crippen LogP contribution in [0.4, 0.5) is 0 Å². The van der Waals surface area contributed by atoms with E-state index in [-0.39, 0.29) is 19.1 Å². The highest BCUT2D eigenvalue weighted by atomic mass is 16.4. The SMILES string of the molecule is Cc1cnc(CNC(=O)c2ccncc2C#CCCO)o1. The predicted octanol–water partition coefficient (Wildman–Crippen LogP) is 1.04. The molecule has 2 heterocycles. The van der Waals surface area contributed by atoms with Gasteiger partial charge < -0.3 is 14.8 Å². The number of hydrogen-bond donors (Lipinski definition) is 2. The van der Waals surface area contributed by atoms with E-state index < -0.39 is 0 Å². The van der Waals surface area contributed by atoms with E-state index in [0.29, 0.717) is 29.2 Å². The molecule has 0 atom stereocenters. The van der Waals surface area contributed by atoms with Crippen molar-refractivity contribution in [3.05, 3.63) is 47.4 Å². The molecule has 2 rings (SSSR count). The molecule has 2 aromatic rings. The average molecular weight is 285 g/mol. The van der Waals surface area contributed by atoms with Crippen LogP contribution in [-0.2, 0) is 6.54 Å². The molecule has 2 N–H and O–H groups in total. The van der Waals surface area contributed by atoms with Gasteiger partial charge in [-0.2, -0.15) is 0 Å². The van der Waals surface area contributed by atoms with Crippen LogP contribution in [0.3, 0.4) is 0 Å². The summed E-state index contributed by atoms with van der Waals surface area (Å²) in [6.07, 6.45) is 5.00. The smallest absolute Gasteiger partial charge is 0.253 e. The van der Waals surface area contributed by atoms with Crippen molar-refractivity contribution in [3.63, 3.8) is 0 Å². The Morgan fingerprint density at radius 2 is 2.33 bits per heavy atom. The van der Waals surface area contributed by atoms with Gasteiger partial charge in [0.05, 0.1) is 30.5 Å². The molecule has 0 saturated heterocycles. The minimum atomic E-state index is -0.276. The zero-order valence-corrected chi connectivity index (χ0v) is 11.6. The van der Waals surface area contributed by atoms with Crippen molar-refractivity contribution in [2.75, 3.05) is 6.61 Å². The molecule has 6 heteroatoms. The van der Waals surface area contributed by atoms with Gasteiger partial charge >= 0.3 is 0 Å². The molecule has 0 bridgehead atoms. The lowest BCUT2D eigenvalue weighted by Gasteiger charge is -2.04. The first-order valence-electron chi connectivity index (χ1n) is 6.44. The minimum absolute atomic E-state index is 0.0156. The number of carbonyl (C=O) groups excluding carboxylic acids is 1. The molecule has 0 aliphatic heterocycles. The Kier molecular flexibility index (Phi) is 5.07. The van der Waals surface area contributed by atoms with Gasteiger partial charge in [0.1, 0.15) is 5.76 Å². The van der Waals surface area contributed by atoms with Gasteiger partial charge in [-0.25, -0.2) is 4.98 Å². The maximum Gasteiger partial charge on any atom is 0.253 e. The number of carbonyl (C=O) groups is 1. The van der Waals surface area contributed by atoms with Crippen LogP contribution in [0.2, 0.25) is 0 Å². The highest BCUT2D eigenvalue weighted by molar-refractivity contribution is 5.96. The lowest BCUT2D eigenvalue weighted by molar-refractivity contribution is 0.0946. The third kappa shape index (κ3) is 4.16. The number of aliphatic hydroxyl groups is 1. The van der Waals surface area contributed by atoms with Crippen molar-refractivity contribution < 1.29 is 14.3 Å². The van der Waals surface area contributed by atoms with E-state index in [1.165, 1.54) is 12.4 Å². The molecule has 0 saturated carbocycles. The molecule has 0 unspecified atom stereocenters. The first kappa shape index (κ1) is 14.8. The number of oxazole rings is 1. The number of nitrogens with one attached hydrogen (secondary N) is 1. The Balaban J connectivity index is 2.07. The predicted molar refractivity (Wildman–Crippen MR) is 75.2 cm³/mol. The summed E-state index contributed by atoms with van der Waals surface area (Å²) in [5, 5.41) is 11.4. The zero-order chi connectivity index (χ0) is 15.1. The summed E-state index contributed by atoms with van der Waals surface area (Å²) < 4.78 is 5.29. The van der Waals surface area contributed by atoms with Crippen LogP contribution in [-0.4, -0.2) is 27.6 Å². The van der Waals surface area contributed by atoms with Crippen LogP contribution in [0.15, 0.2) is 29.1 Å². The normalized spacial score (nSPS) is 9.81. The van der Waals surface area contributed by atoms with E-state index in [9.17, 15) is 4.79 Å². The number of hydrogen-bond acceptors (Lipinski definition) is 5. The number of aryl methyl sites for hydroxylation is 1. The number of pyridine rings is 1. The van der Waals surface area contributed by atoms with Crippen molar-refractivity contribution in [2.45, 2.75) is 19.9 Å². The Morgan fingerprint density at radius 3 is 3.05 bits per heavy atom. The van der Waals surface area contributed by atoms with E-state index in [2.05, 4.69) is 27.1 Å². The molecular weight excluding hydrogens is 270 g/mol. The lowest BCUT2D eigenvalue weighted by atomic mass is 10.1. The standard InChI is InChI=1S/C15H15N3O3/c1-11-8-17-14(21-11)10-18-15(20)13-5-6-16-9-12(13)4-2-3-7-19/h5-6,8-9,19H,3,7,10H2,1H3,(H,18,20). The van der Waals surface area contributed by atoms with Crippen molar-refractivity contribution in [3.8, 4) is 11.8 Å². The van der Waals surface area contributed by atoms with Crippen molar-refractivity contribution in [1.29, 1.82) is 0 Å². The Labute approximate surface area is 122 Å². The number of rotatable bonds is 4. The maximum absolute atomic E-state index is 12.2. The molecule has 1 amide bonds. The Morgan fingerprint density at radius 1 is 1.48 bits per heavy atom. The highest BCUT2D eigenvalue weighted by Crippen LogP contribution is 2.07. The van der Waals surface area contributed by atoms with E-state index >= 15 is 0 Å². The summed E-state index contributed by atoms with van der Waals surface area (Å²) in [5.74, 6) is 6.46. The fourth-order valence-electron chi connectivity index (χ4n) is 1.64. The van der Waals surface area contributed by atoms with Gasteiger partial charge in [0.25, 0.3) is 5.91 Å². The van der Waals surface area contributed by atoms with Crippen LogP contribution in [0.1, 0.15) is 34.0 Å². The lowest BCUT2D eigenvalue weighted by Crippen LogP contribution is -2.23. The summed E-state index contributed by atoms with van der Waals surface area (Å²) >= 11 is 0. The topological polar surface area (TPSA) is 88.2 Å². The van der Waals surface area contributed by atoms with E-state index in [1.54, 1.807) is 19.2 Å². The molecule has 6 nitrogen and oxygen atoms in total. The molecule has 0 fully saturated rings. The van der Waals surface area contributed by atoms with Gasteiger partial charge in [-0.05, 0) is 13.0 Å². The molecular formula is C15H15N3O3. The van der Waals surface area contributed by atoms with Crippen LogP contribution < -0.4 is 5.32 Å². The second kappa shape index (κ2) is 7.22. The Bertz CT molecular complexity index is 683. The molecule has 0 spiro atoms. The number of amides is 1. The second-order valence-corrected chi connectivity index (χ2v) is 4.24. The van der Waals surface area contributed by atoms with Gasteiger partial charge in [-0.15, -0.1) is 0 Å². The first-order chi connectivity index (χ1) is 10.2. The third-order valence-electron chi connectivity index (χ3n) is 2.59.